The van der Waals surface area contributed by atoms with Crippen molar-refractivity contribution in [2.75, 3.05) is 0 Å². The summed E-state index contributed by atoms with van der Waals surface area (Å²) in [4.78, 5) is 0. The van der Waals surface area contributed by atoms with Gasteiger partial charge in [-0.3, -0.25) is 0 Å². The zero-order valence-corrected chi connectivity index (χ0v) is 8.98. The van der Waals surface area contributed by atoms with Gasteiger partial charge in [0.15, 0.2) is 0 Å². The molecule has 0 unspecified atom stereocenters. The van der Waals surface area contributed by atoms with Crippen LogP contribution >= 0.6 is 0 Å². The minimum absolute atomic E-state index is 0.118. The van der Waals surface area contributed by atoms with Gasteiger partial charge in [-0.2, -0.15) is 13.2 Å². The van der Waals surface area contributed by atoms with E-state index in [4.69, 9.17) is 4.52 Å². The molecule has 0 aliphatic rings. The van der Waals surface area contributed by atoms with E-state index in [-0.39, 0.29) is 11.8 Å². The maximum absolute atomic E-state index is 12.0. The van der Waals surface area contributed by atoms with Crippen LogP contribution in [-0.4, -0.2) is 11.3 Å². The van der Waals surface area contributed by atoms with Crippen molar-refractivity contribution in [3.05, 3.63) is 17.5 Å². The van der Waals surface area contributed by atoms with Crippen molar-refractivity contribution in [3.8, 4) is 0 Å². The third kappa shape index (κ3) is 3.57. The number of aryl methyl sites for hydroxylation is 1. The summed E-state index contributed by atoms with van der Waals surface area (Å²) >= 11 is 0. The summed E-state index contributed by atoms with van der Waals surface area (Å²) in [6, 6.07) is 0. The molecular weight excluding hydrogens is 207 g/mol. The SMILES string of the molecule is CC(C)(C)c1conc1CCC(F)(F)F. The van der Waals surface area contributed by atoms with Crippen molar-refractivity contribution in [1.82, 2.24) is 5.16 Å². The van der Waals surface area contributed by atoms with Gasteiger partial charge in [-0.05, 0) is 5.41 Å². The molecule has 0 aliphatic carbocycles. The first-order valence-corrected chi connectivity index (χ1v) is 4.70. The van der Waals surface area contributed by atoms with Gasteiger partial charge in [-0.25, -0.2) is 0 Å². The lowest BCUT2D eigenvalue weighted by atomic mass is 9.86. The van der Waals surface area contributed by atoms with Crippen molar-refractivity contribution in [2.24, 2.45) is 0 Å². The quantitative estimate of drug-likeness (QED) is 0.764. The van der Waals surface area contributed by atoms with E-state index in [1.54, 1.807) is 0 Å². The van der Waals surface area contributed by atoms with Crippen LogP contribution in [0.3, 0.4) is 0 Å². The molecule has 0 saturated heterocycles. The molecule has 0 aliphatic heterocycles. The predicted octanol–water partition coefficient (Wildman–Crippen LogP) is 3.47. The van der Waals surface area contributed by atoms with Crippen LogP contribution < -0.4 is 0 Å². The molecule has 86 valence electrons. The Balaban J connectivity index is 2.75. The van der Waals surface area contributed by atoms with Crippen molar-refractivity contribution in [2.45, 2.75) is 45.2 Å². The van der Waals surface area contributed by atoms with E-state index in [2.05, 4.69) is 5.16 Å². The summed E-state index contributed by atoms with van der Waals surface area (Å²) in [6.45, 7) is 5.74. The number of aromatic nitrogens is 1. The second kappa shape index (κ2) is 3.87. The lowest BCUT2D eigenvalue weighted by molar-refractivity contribution is -0.134. The lowest BCUT2D eigenvalue weighted by Gasteiger charge is -2.17. The number of nitrogens with zero attached hydrogens (tertiary/aromatic N) is 1. The van der Waals surface area contributed by atoms with E-state index in [1.165, 1.54) is 6.26 Å². The van der Waals surface area contributed by atoms with Crippen molar-refractivity contribution in [1.29, 1.82) is 0 Å². The molecule has 0 radical (unpaired) electrons. The highest BCUT2D eigenvalue weighted by molar-refractivity contribution is 5.23. The van der Waals surface area contributed by atoms with Gasteiger partial charge in [0.05, 0.1) is 5.69 Å². The Kier molecular flexibility index (Phi) is 3.11. The molecule has 0 amide bonds. The normalized spacial score (nSPS) is 13.2. The maximum Gasteiger partial charge on any atom is 0.389 e. The third-order valence-electron chi connectivity index (χ3n) is 2.10. The Hall–Kier alpha value is -1.00. The predicted molar refractivity (Wildman–Crippen MR) is 49.6 cm³/mol. The number of rotatable bonds is 2. The first-order chi connectivity index (χ1) is 6.70. The summed E-state index contributed by atoms with van der Waals surface area (Å²) in [6.07, 6.45) is -3.70. The van der Waals surface area contributed by atoms with Crippen LogP contribution in [0.25, 0.3) is 0 Å². The van der Waals surface area contributed by atoms with Crippen LogP contribution in [0.1, 0.15) is 38.4 Å². The van der Waals surface area contributed by atoms with E-state index in [9.17, 15) is 13.2 Å². The largest absolute Gasteiger partial charge is 0.389 e. The molecular formula is C10H14F3NO. The van der Waals surface area contributed by atoms with Gasteiger partial charge in [-0.1, -0.05) is 25.9 Å². The molecule has 0 aromatic carbocycles. The van der Waals surface area contributed by atoms with E-state index in [0.29, 0.717) is 5.69 Å². The summed E-state index contributed by atoms with van der Waals surface area (Å²) in [7, 11) is 0. The van der Waals surface area contributed by atoms with Gasteiger partial charge in [0, 0.05) is 18.4 Å². The first kappa shape index (κ1) is 12.1. The Bertz CT molecular complexity index is 322. The lowest BCUT2D eigenvalue weighted by Crippen LogP contribution is -2.15. The average Bonchev–Trinajstić information content (AvgIpc) is 2.45. The van der Waals surface area contributed by atoms with Crippen LogP contribution in [0.5, 0.6) is 0 Å². The van der Waals surface area contributed by atoms with Crippen LogP contribution in [0.4, 0.5) is 13.2 Å². The minimum Gasteiger partial charge on any atom is -0.364 e. The van der Waals surface area contributed by atoms with Crippen molar-refractivity contribution >= 4 is 0 Å². The monoisotopic (exact) mass is 221 g/mol. The highest BCUT2D eigenvalue weighted by Gasteiger charge is 2.29. The Morgan fingerprint density at radius 2 is 1.87 bits per heavy atom. The Labute approximate surface area is 86.4 Å². The topological polar surface area (TPSA) is 26.0 Å². The zero-order valence-electron chi connectivity index (χ0n) is 8.98. The molecule has 0 saturated carbocycles. The summed E-state index contributed by atoms with van der Waals surface area (Å²) in [5.74, 6) is 0. The van der Waals surface area contributed by atoms with E-state index in [1.807, 2.05) is 20.8 Å². The molecule has 0 atom stereocenters. The maximum atomic E-state index is 12.0. The third-order valence-corrected chi connectivity index (χ3v) is 2.10. The first-order valence-electron chi connectivity index (χ1n) is 4.70. The summed E-state index contributed by atoms with van der Waals surface area (Å²) < 4.78 is 40.8. The molecule has 15 heavy (non-hydrogen) atoms. The van der Waals surface area contributed by atoms with Gasteiger partial charge in [0.25, 0.3) is 0 Å². The Morgan fingerprint density at radius 1 is 1.27 bits per heavy atom. The molecule has 1 aromatic heterocycles. The number of alkyl halides is 3. The smallest absolute Gasteiger partial charge is 0.364 e. The second-order valence-corrected chi connectivity index (χ2v) is 4.54. The highest BCUT2D eigenvalue weighted by atomic mass is 19.4. The second-order valence-electron chi connectivity index (χ2n) is 4.54. The van der Waals surface area contributed by atoms with E-state index in [0.717, 1.165) is 5.56 Å². The van der Waals surface area contributed by atoms with Crippen LogP contribution in [-0.2, 0) is 11.8 Å². The molecule has 1 aromatic rings. The Morgan fingerprint density at radius 3 is 2.33 bits per heavy atom. The van der Waals surface area contributed by atoms with Crippen molar-refractivity contribution < 1.29 is 17.7 Å². The molecule has 0 bridgehead atoms. The molecule has 2 nitrogen and oxygen atoms in total. The average molecular weight is 221 g/mol. The standard InChI is InChI=1S/C10H14F3NO/c1-9(2,3)7-6-15-14-8(7)4-5-10(11,12)13/h6H,4-5H2,1-3H3. The molecule has 1 rings (SSSR count). The number of halogens is 3. The van der Waals surface area contributed by atoms with Crippen molar-refractivity contribution in [3.63, 3.8) is 0 Å². The van der Waals surface area contributed by atoms with Crippen LogP contribution in [0, 0.1) is 0 Å². The van der Waals surface area contributed by atoms with E-state index >= 15 is 0 Å². The van der Waals surface area contributed by atoms with Crippen LogP contribution in [0.15, 0.2) is 10.8 Å². The fourth-order valence-electron chi connectivity index (χ4n) is 1.31. The summed E-state index contributed by atoms with van der Waals surface area (Å²) in [5.41, 5.74) is 0.910. The van der Waals surface area contributed by atoms with Gasteiger partial charge in [-0.15, -0.1) is 0 Å². The highest BCUT2D eigenvalue weighted by Crippen LogP contribution is 2.28. The molecule has 0 spiro atoms. The van der Waals surface area contributed by atoms with E-state index < -0.39 is 12.6 Å². The summed E-state index contributed by atoms with van der Waals surface area (Å²) in [5, 5.41) is 3.61. The fourth-order valence-corrected chi connectivity index (χ4v) is 1.31. The molecule has 5 heteroatoms. The van der Waals surface area contributed by atoms with Crippen LogP contribution in [0.2, 0.25) is 0 Å². The molecule has 1 heterocycles. The van der Waals surface area contributed by atoms with Gasteiger partial charge in [0.1, 0.15) is 6.26 Å². The van der Waals surface area contributed by atoms with Gasteiger partial charge < -0.3 is 4.52 Å². The fraction of sp³-hybridized carbons (Fsp3) is 0.700. The molecule has 0 N–H and O–H groups in total. The zero-order chi connectivity index (χ0) is 11.7. The number of hydrogen-bond acceptors (Lipinski definition) is 2. The minimum atomic E-state index is -4.14. The van der Waals surface area contributed by atoms with Gasteiger partial charge >= 0.3 is 6.18 Å². The van der Waals surface area contributed by atoms with Gasteiger partial charge in [0.2, 0.25) is 0 Å². The number of hydrogen-bond donors (Lipinski definition) is 0. The molecule has 0 fully saturated rings.